The number of carbonyl (C=O) groups is 2. The highest BCUT2D eigenvalue weighted by atomic mass is 31.0. The predicted octanol–water partition coefficient (Wildman–Crippen LogP) is 4.79. The van der Waals surface area contributed by atoms with Gasteiger partial charge in [-0.05, 0) is 63.3 Å². The fourth-order valence-electron chi connectivity index (χ4n) is 3.35. The predicted molar refractivity (Wildman–Crippen MR) is 141 cm³/mol. The minimum Gasteiger partial charge on any atom is -0.495 e. The van der Waals surface area contributed by atoms with Crippen LogP contribution in [0.2, 0.25) is 0 Å². The quantitative estimate of drug-likeness (QED) is 0.134. The first-order valence-corrected chi connectivity index (χ1v) is 12.4. The average molecular weight is 504 g/mol. The molecule has 1 aliphatic rings. The van der Waals surface area contributed by atoms with Gasteiger partial charge in [0.15, 0.2) is 5.78 Å². The highest BCUT2D eigenvalue weighted by Crippen LogP contribution is 2.39. The van der Waals surface area contributed by atoms with Crippen molar-refractivity contribution < 1.29 is 28.5 Å². The van der Waals surface area contributed by atoms with E-state index in [9.17, 15) is 9.59 Å². The number of ether oxygens (including phenoxy) is 4. The fraction of sp³-hybridized carbons (Fsp3) is 0.520. The zero-order valence-electron chi connectivity index (χ0n) is 20.7. The van der Waals surface area contributed by atoms with Crippen molar-refractivity contribution in [2.45, 2.75) is 58.1 Å². The molecule has 34 heavy (non-hydrogen) atoms. The third kappa shape index (κ3) is 8.61. The summed E-state index contributed by atoms with van der Waals surface area (Å²) in [5, 5.41) is 1.86. The molecule has 0 fully saturated rings. The largest absolute Gasteiger partial charge is 0.495 e. The van der Waals surface area contributed by atoms with E-state index in [0.29, 0.717) is 55.1 Å². The zero-order chi connectivity index (χ0) is 25.5. The normalized spacial score (nSPS) is 14.9. The van der Waals surface area contributed by atoms with Gasteiger partial charge in [0, 0.05) is 24.1 Å². The average Bonchev–Trinajstić information content (AvgIpc) is 2.77. The molecule has 0 saturated heterocycles. The molecule has 184 valence electrons. The summed E-state index contributed by atoms with van der Waals surface area (Å²) < 4.78 is 22.3. The number of carbonyl (C=O) groups excluding carboxylic acids is 2. The minimum atomic E-state index is -0.672. The van der Waals surface area contributed by atoms with Crippen molar-refractivity contribution in [2.24, 2.45) is 0 Å². The first-order valence-electron chi connectivity index (χ1n) is 11.2. The highest BCUT2D eigenvalue weighted by molar-refractivity contribution is 7.28. The van der Waals surface area contributed by atoms with Gasteiger partial charge in [-0.1, -0.05) is 12.1 Å². The molecule has 1 aromatic carbocycles. The molecular weight excluding hydrogens is 469 g/mol. The molecule has 2 radical (unpaired) electrons. The van der Waals surface area contributed by atoms with Crippen molar-refractivity contribution in [1.29, 1.82) is 0 Å². The molecule has 0 amide bonds. The summed E-state index contributed by atoms with van der Waals surface area (Å²) in [7, 11) is 12.5. The van der Waals surface area contributed by atoms with E-state index in [1.807, 2.05) is 27.7 Å². The van der Waals surface area contributed by atoms with Gasteiger partial charge in [0.2, 0.25) is 0 Å². The van der Waals surface area contributed by atoms with E-state index in [1.54, 1.807) is 24.3 Å². The van der Waals surface area contributed by atoms with Gasteiger partial charge in [-0.15, -0.1) is 18.5 Å². The highest BCUT2D eigenvalue weighted by Gasteiger charge is 2.26. The molecule has 9 heteroatoms. The van der Waals surface area contributed by atoms with Crippen LogP contribution < -0.4 is 0 Å². The van der Waals surface area contributed by atoms with E-state index in [2.05, 4.69) is 18.5 Å². The number of rotatable bonds is 12. The van der Waals surface area contributed by atoms with Crippen LogP contribution in [0.25, 0.3) is 0 Å². The van der Waals surface area contributed by atoms with Crippen molar-refractivity contribution in [3.05, 3.63) is 57.4 Å². The smallest absolute Gasteiger partial charge is 0.337 e. The van der Waals surface area contributed by atoms with Crippen molar-refractivity contribution >= 4 is 38.1 Å². The van der Waals surface area contributed by atoms with Crippen LogP contribution in [-0.4, -0.2) is 57.6 Å². The van der Waals surface area contributed by atoms with Crippen LogP contribution in [-0.2, 0) is 18.9 Å². The zero-order valence-corrected chi connectivity index (χ0v) is 23.0. The molecule has 1 aliphatic carbocycles. The molecule has 0 bridgehead atoms. The lowest BCUT2D eigenvalue weighted by molar-refractivity contribution is -0.0654. The van der Waals surface area contributed by atoms with Crippen LogP contribution in [0.4, 0.5) is 0 Å². The van der Waals surface area contributed by atoms with Gasteiger partial charge in [-0.2, -0.15) is 0 Å². The molecule has 6 nitrogen and oxygen atoms in total. The maximum atomic E-state index is 13.3. The summed E-state index contributed by atoms with van der Waals surface area (Å²) in [6.07, 6.45) is 2.10. The summed E-state index contributed by atoms with van der Waals surface area (Å²) in [4.78, 5) is 25.0. The SMILES string of the molecule is [B]C(C)(C)OCCC(C)(C)OCCOC1=C(C(=O)c2ccc(C(=O)OC)cc2)C(P)=C(P)CC1. The van der Waals surface area contributed by atoms with Crippen LogP contribution in [0.3, 0.4) is 0 Å². The second kappa shape index (κ2) is 12.4. The summed E-state index contributed by atoms with van der Waals surface area (Å²) in [5.41, 5.74) is 0.332. The van der Waals surface area contributed by atoms with Gasteiger partial charge >= 0.3 is 5.97 Å². The second-order valence-electron chi connectivity index (χ2n) is 9.29. The Morgan fingerprint density at radius 2 is 1.56 bits per heavy atom. The number of ketones is 1. The van der Waals surface area contributed by atoms with E-state index in [1.165, 1.54) is 7.11 Å². The summed E-state index contributed by atoms with van der Waals surface area (Å²) in [6.45, 7) is 8.81. The van der Waals surface area contributed by atoms with Gasteiger partial charge in [-0.3, -0.25) is 4.79 Å². The summed E-state index contributed by atoms with van der Waals surface area (Å²) in [5.74, 6) is 0.0479. The molecular formula is C25H35BO6P2. The van der Waals surface area contributed by atoms with E-state index in [0.717, 1.165) is 17.0 Å². The molecule has 2 unspecified atom stereocenters. The number of allylic oxidation sites excluding steroid dienone is 4. The van der Waals surface area contributed by atoms with E-state index < -0.39 is 17.1 Å². The molecule has 0 saturated carbocycles. The van der Waals surface area contributed by atoms with Crippen LogP contribution in [0.1, 0.15) is 67.7 Å². The second-order valence-corrected chi connectivity index (χ2v) is 10.6. The first-order chi connectivity index (χ1) is 15.8. The molecule has 0 spiro atoms. The maximum absolute atomic E-state index is 13.3. The maximum Gasteiger partial charge on any atom is 0.337 e. The standard InChI is InChI=1S/C25H35BO6P2/c1-24(2,12-13-32-25(3,4)26)31-15-14-30-18-10-11-19(33)22(34)20(18)21(27)16-6-8-17(9-7-16)23(28)29-5/h6-9H,10-15,33-34H2,1-5H3. The number of methoxy groups -OCH3 is 1. The number of esters is 1. The number of hydrogen-bond donors (Lipinski definition) is 0. The Balaban J connectivity index is 2.05. The molecule has 0 N–H and O–H groups in total. The lowest BCUT2D eigenvalue weighted by atomic mass is 9.86. The van der Waals surface area contributed by atoms with Gasteiger partial charge in [-0.25, -0.2) is 4.79 Å². The van der Waals surface area contributed by atoms with Gasteiger partial charge in [0.1, 0.15) is 20.2 Å². The molecule has 2 atom stereocenters. The van der Waals surface area contributed by atoms with Crippen molar-refractivity contribution in [2.75, 3.05) is 26.9 Å². The Bertz CT molecular complexity index is 945. The monoisotopic (exact) mass is 504 g/mol. The van der Waals surface area contributed by atoms with Crippen molar-refractivity contribution in [3.8, 4) is 0 Å². The molecule has 0 aromatic heterocycles. The van der Waals surface area contributed by atoms with Crippen LogP contribution >= 0.6 is 18.5 Å². The fourth-order valence-corrected chi connectivity index (χ4v) is 4.07. The third-order valence-corrected chi connectivity index (χ3v) is 6.93. The summed E-state index contributed by atoms with van der Waals surface area (Å²) >= 11 is 0. The van der Waals surface area contributed by atoms with Crippen LogP contribution in [0.5, 0.6) is 0 Å². The molecule has 0 aliphatic heterocycles. The molecule has 1 aromatic rings. The Labute approximate surface area is 209 Å². The Hall–Kier alpha value is -1.52. The minimum absolute atomic E-state index is 0.154. The number of Topliss-reactive ketones (excluding diaryl/α,β-unsaturated/α-hetero) is 1. The van der Waals surface area contributed by atoms with E-state index in [-0.39, 0.29) is 5.78 Å². The Kier molecular flexibility index (Phi) is 10.5. The lowest BCUT2D eigenvalue weighted by Crippen LogP contribution is -2.31. The number of benzene rings is 1. The van der Waals surface area contributed by atoms with E-state index >= 15 is 0 Å². The topological polar surface area (TPSA) is 71.1 Å². The Morgan fingerprint density at radius 3 is 2.15 bits per heavy atom. The van der Waals surface area contributed by atoms with E-state index in [4.69, 9.17) is 26.8 Å². The number of hydrogen-bond acceptors (Lipinski definition) is 6. The first kappa shape index (κ1) is 28.7. The summed E-state index contributed by atoms with van der Waals surface area (Å²) in [6, 6.07) is 6.43. The van der Waals surface area contributed by atoms with Gasteiger partial charge < -0.3 is 18.9 Å². The Morgan fingerprint density at radius 1 is 0.941 bits per heavy atom. The molecule has 0 heterocycles. The molecule has 2 rings (SSSR count). The van der Waals surface area contributed by atoms with Crippen molar-refractivity contribution in [3.63, 3.8) is 0 Å². The van der Waals surface area contributed by atoms with Crippen LogP contribution in [0.15, 0.2) is 46.2 Å². The third-order valence-electron chi connectivity index (χ3n) is 5.34. The van der Waals surface area contributed by atoms with Crippen molar-refractivity contribution in [1.82, 2.24) is 0 Å². The van der Waals surface area contributed by atoms with Gasteiger partial charge in [0.25, 0.3) is 0 Å². The van der Waals surface area contributed by atoms with Crippen LogP contribution in [0, 0.1) is 0 Å². The lowest BCUT2D eigenvalue weighted by Gasteiger charge is -2.28. The van der Waals surface area contributed by atoms with Gasteiger partial charge in [0.05, 0.1) is 30.5 Å².